The van der Waals surface area contributed by atoms with Gasteiger partial charge in [0.25, 0.3) is 0 Å². The molecule has 0 aromatic rings. The SMILES string of the molecule is CCC(OC)OC(O)C(C)=O. The van der Waals surface area contributed by atoms with Crippen molar-refractivity contribution in [3.05, 3.63) is 0 Å². The summed E-state index contributed by atoms with van der Waals surface area (Å²) in [5.74, 6) is -0.416. The Balaban J connectivity index is 3.71. The third-order valence-corrected chi connectivity index (χ3v) is 1.22. The summed E-state index contributed by atoms with van der Waals surface area (Å²) in [6.45, 7) is 3.09. The van der Waals surface area contributed by atoms with E-state index in [9.17, 15) is 4.79 Å². The summed E-state index contributed by atoms with van der Waals surface area (Å²) in [6.07, 6.45) is -1.27. The number of aliphatic hydroxyl groups is 1. The van der Waals surface area contributed by atoms with E-state index in [4.69, 9.17) is 14.6 Å². The molecule has 0 bridgehead atoms. The molecular formula is C7H14O4. The molecule has 0 aromatic heterocycles. The standard InChI is InChI=1S/C7H14O4/c1-4-6(10-3)11-7(9)5(2)8/h6-7,9H,4H2,1-3H3. The number of carbonyl (C=O) groups is 1. The molecule has 0 amide bonds. The fraction of sp³-hybridized carbons (Fsp3) is 0.857. The highest BCUT2D eigenvalue weighted by Gasteiger charge is 2.15. The molecule has 2 atom stereocenters. The quantitative estimate of drug-likeness (QED) is 0.590. The lowest BCUT2D eigenvalue weighted by atomic mass is 10.4. The van der Waals surface area contributed by atoms with E-state index in [2.05, 4.69) is 0 Å². The molecule has 0 radical (unpaired) electrons. The van der Waals surface area contributed by atoms with E-state index < -0.39 is 18.4 Å². The number of rotatable bonds is 5. The van der Waals surface area contributed by atoms with Crippen LogP contribution in [0.15, 0.2) is 0 Å². The highest BCUT2D eigenvalue weighted by atomic mass is 16.7. The number of hydrogen-bond acceptors (Lipinski definition) is 4. The van der Waals surface area contributed by atoms with Gasteiger partial charge in [0.15, 0.2) is 12.1 Å². The van der Waals surface area contributed by atoms with Gasteiger partial charge in [-0.25, -0.2) is 0 Å². The number of methoxy groups -OCH3 is 1. The average Bonchev–Trinajstić information content (AvgIpc) is 1.99. The van der Waals surface area contributed by atoms with Crippen LogP contribution >= 0.6 is 0 Å². The van der Waals surface area contributed by atoms with Crippen molar-refractivity contribution in [2.45, 2.75) is 32.8 Å². The van der Waals surface area contributed by atoms with Gasteiger partial charge in [-0.3, -0.25) is 4.79 Å². The zero-order valence-electron chi connectivity index (χ0n) is 7.03. The molecular weight excluding hydrogens is 148 g/mol. The van der Waals surface area contributed by atoms with E-state index in [1.807, 2.05) is 6.92 Å². The lowest BCUT2D eigenvalue weighted by molar-refractivity contribution is -0.216. The maximum absolute atomic E-state index is 10.5. The zero-order valence-corrected chi connectivity index (χ0v) is 7.03. The molecule has 66 valence electrons. The van der Waals surface area contributed by atoms with Crippen LogP contribution in [0.1, 0.15) is 20.3 Å². The summed E-state index contributed by atoms with van der Waals surface area (Å²) in [6, 6.07) is 0. The van der Waals surface area contributed by atoms with Crippen LogP contribution in [0, 0.1) is 0 Å². The molecule has 0 rings (SSSR count). The van der Waals surface area contributed by atoms with Crippen LogP contribution in [-0.2, 0) is 14.3 Å². The van der Waals surface area contributed by atoms with Crippen molar-refractivity contribution in [1.29, 1.82) is 0 Å². The Hall–Kier alpha value is -0.450. The summed E-state index contributed by atoms with van der Waals surface area (Å²) in [5.41, 5.74) is 0. The topological polar surface area (TPSA) is 55.8 Å². The number of aliphatic hydroxyl groups excluding tert-OH is 1. The molecule has 0 aliphatic heterocycles. The monoisotopic (exact) mass is 162 g/mol. The van der Waals surface area contributed by atoms with Crippen LogP contribution in [0.2, 0.25) is 0 Å². The fourth-order valence-corrected chi connectivity index (χ4v) is 0.558. The minimum atomic E-state index is -1.36. The van der Waals surface area contributed by atoms with E-state index in [0.717, 1.165) is 0 Å². The summed E-state index contributed by atoms with van der Waals surface area (Å²) in [7, 11) is 1.46. The third-order valence-electron chi connectivity index (χ3n) is 1.22. The van der Waals surface area contributed by atoms with Crippen LogP contribution in [0.4, 0.5) is 0 Å². The molecule has 0 spiro atoms. The van der Waals surface area contributed by atoms with Crippen LogP contribution < -0.4 is 0 Å². The predicted molar refractivity (Wildman–Crippen MR) is 38.9 cm³/mol. The molecule has 0 saturated carbocycles. The maximum Gasteiger partial charge on any atom is 0.217 e. The molecule has 1 N–H and O–H groups in total. The molecule has 2 unspecified atom stereocenters. The predicted octanol–water partition coefficient (Wildman–Crippen LogP) is 0.293. The second-order valence-electron chi connectivity index (χ2n) is 2.17. The Morgan fingerprint density at radius 3 is 2.45 bits per heavy atom. The number of ketones is 1. The molecule has 0 heterocycles. The van der Waals surface area contributed by atoms with Crippen LogP contribution in [0.3, 0.4) is 0 Å². The Morgan fingerprint density at radius 1 is 1.64 bits per heavy atom. The van der Waals surface area contributed by atoms with E-state index in [1.54, 1.807) is 0 Å². The number of carbonyl (C=O) groups excluding carboxylic acids is 1. The van der Waals surface area contributed by atoms with Gasteiger partial charge in [0.05, 0.1) is 0 Å². The lowest BCUT2D eigenvalue weighted by Gasteiger charge is -2.16. The minimum absolute atomic E-state index is 0.416. The smallest absolute Gasteiger partial charge is 0.217 e. The van der Waals surface area contributed by atoms with E-state index in [-0.39, 0.29) is 0 Å². The number of Topliss-reactive ketones (excluding diaryl/α,β-unsaturated/α-hetero) is 1. The highest BCUT2D eigenvalue weighted by molar-refractivity contribution is 5.78. The van der Waals surface area contributed by atoms with Gasteiger partial charge < -0.3 is 14.6 Å². The van der Waals surface area contributed by atoms with E-state index in [0.29, 0.717) is 6.42 Å². The lowest BCUT2D eigenvalue weighted by Crippen LogP contribution is -2.28. The first kappa shape index (κ1) is 10.6. The highest BCUT2D eigenvalue weighted by Crippen LogP contribution is 2.01. The van der Waals surface area contributed by atoms with Gasteiger partial charge in [0.1, 0.15) is 0 Å². The van der Waals surface area contributed by atoms with Gasteiger partial charge in [0, 0.05) is 7.11 Å². The molecule has 0 saturated heterocycles. The van der Waals surface area contributed by atoms with Crippen molar-refractivity contribution >= 4 is 5.78 Å². The molecule has 0 aliphatic rings. The van der Waals surface area contributed by atoms with Crippen molar-refractivity contribution in [1.82, 2.24) is 0 Å². The molecule has 0 aliphatic carbocycles. The number of ether oxygens (including phenoxy) is 2. The normalized spacial score (nSPS) is 16.0. The van der Waals surface area contributed by atoms with Gasteiger partial charge in [0.2, 0.25) is 6.29 Å². The fourth-order valence-electron chi connectivity index (χ4n) is 0.558. The van der Waals surface area contributed by atoms with Crippen LogP contribution in [0.5, 0.6) is 0 Å². The average molecular weight is 162 g/mol. The third kappa shape index (κ3) is 4.08. The van der Waals surface area contributed by atoms with Gasteiger partial charge in [-0.1, -0.05) is 6.92 Å². The first-order valence-corrected chi connectivity index (χ1v) is 3.48. The molecule has 11 heavy (non-hydrogen) atoms. The molecule has 4 nitrogen and oxygen atoms in total. The van der Waals surface area contributed by atoms with Gasteiger partial charge >= 0.3 is 0 Å². The van der Waals surface area contributed by atoms with Gasteiger partial charge in [-0.05, 0) is 13.3 Å². The molecule has 4 heteroatoms. The van der Waals surface area contributed by atoms with Crippen molar-refractivity contribution < 1.29 is 19.4 Å². The zero-order chi connectivity index (χ0) is 8.85. The van der Waals surface area contributed by atoms with Gasteiger partial charge in [-0.2, -0.15) is 0 Å². The number of hydrogen-bond donors (Lipinski definition) is 1. The Morgan fingerprint density at radius 2 is 2.18 bits per heavy atom. The first-order chi connectivity index (χ1) is 5.11. The first-order valence-electron chi connectivity index (χ1n) is 3.48. The second kappa shape index (κ2) is 5.23. The maximum atomic E-state index is 10.5. The van der Waals surface area contributed by atoms with Crippen molar-refractivity contribution in [3.8, 4) is 0 Å². The van der Waals surface area contributed by atoms with Crippen LogP contribution in [0.25, 0.3) is 0 Å². The van der Waals surface area contributed by atoms with E-state index in [1.165, 1.54) is 14.0 Å². The molecule has 0 aromatic carbocycles. The minimum Gasteiger partial charge on any atom is -0.362 e. The summed E-state index contributed by atoms with van der Waals surface area (Å²) >= 11 is 0. The Bertz CT molecular complexity index is 120. The van der Waals surface area contributed by atoms with Gasteiger partial charge in [-0.15, -0.1) is 0 Å². The second-order valence-corrected chi connectivity index (χ2v) is 2.17. The Labute approximate surface area is 66.1 Å². The summed E-state index contributed by atoms with van der Waals surface area (Å²) < 4.78 is 9.58. The molecule has 0 fully saturated rings. The largest absolute Gasteiger partial charge is 0.362 e. The van der Waals surface area contributed by atoms with Crippen molar-refractivity contribution in [2.75, 3.05) is 7.11 Å². The van der Waals surface area contributed by atoms with Crippen molar-refractivity contribution in [3.63, 3.8) is 0 Å². The Kier molecular flexibility index (Phi) is 5.02. The van der Waals surface area contributed by atoms with Crippen molar-refractivity contribution in [2.24, 2.45) is 0 Å². The summed E-state index contributed by atoms with van der Waals surface area (Å²) in [5, 5.41) is 8.91. The summed E-state index contributed by atoms with van der Waals surface area (Å²) in [4.78, 5) is 10.5. The van der Waals surface area contributed by atoms with Crippen LogP contribution in [-0.4, -0.2) is 30.6 Å². The van der Waals surface area contributed by atoms with E-state index >= 15 is 0 Å².